The molecule has 1 atom stereocenters. The van der Waals surface area contributed by atoms with Gasteiger partial charge in [0.25, 0.3) is 0 Å². The van der Waals surface area contributed by atoms with Gasteiger partial charge in [0.2, 0.25) is 0 Å². The molecule has 25 heavy (non-hydrogen) atoms. The smallest absolute Gasteiger partial charge is 0.320 e. The zero-order chi connectivity index (χ0) is 18.4. The van der Waals surface area contributed by atoms with Crippen LogP contribution >= 0.6 is 0 Å². The molecular formula is C19H29N5O. The van der Waals surface area contributed by atoms with Crippen LogP contribution in [0.5, 0.6) is 0 Å². The molecule has 2 rings (SSSR count). The first-order chi connectivity index (χ1) is 12.0. The first kappa shape index (κ1) is 19.0. The molecule has 0 bridgehead atoms. The Bertz CT molecular complexity index is 678. The summed E-state index contributed by atoms with van der Waals surface area (Å²) in [6, 6.07) is 4.04. The lowest BCUT2D eigenvalue weighted by Crippen LogP contribution is -2.35. The van der Waals surface area contributed by atoms with Gasteiger partial charge in [0.1, 0.15) is 5.82 Å². The number of aromatic nitrogens is 3. The highest BCUT2D eigenvalue weighted by molar-refractivity contribution is 5.89. The first-order valence-corrected chi connectivity index (χ1v) is 9.01. The maximum atomic E-state index is 12.8. The normalized spacial score (nSPS) is 12.2. The van der Waals surface area contributed by atoms with Gasteiger partial charge in [-0.1, -0.05) is 26.8 Å². The van der Waals surface area contributed by atoms with Crippen molar-refractivity contribution in [2.45, 2.75) is 59.0 Å². The predicted octanol–water partition coefficient (Wildman–Crippen LogP) is 4.56. The average molecular weight is 343 g/mol. The first-order valence-electron chi connectivity index (χ1n) is 9.01. The fourth-order valence-corrected chi connectivity index (χ4v) is 3.15. The number of nitrogens with one attached hydrogen (secondary N) is 1. The van der Waals surface area contributed by atoms with Crippen molar-refractivity contribution < 1.29 is 4.79 Å². The maximum Gasteiger partial charge on any atom is 0.323 e. The fourth-order valence-electron chi connectivity index (χ4n) is 3.15. The zero-order valence-corrected chi connectivity index (χ0v) is 15.9. The minimum Gasteiger partial charge on any atom is -0.320 e. The van der Waals surface area contributed by atoms with Crippen molar-refractivity contribution in [1.29, 1.82) is 0 Å². The highest BCUT2D eigenvalue weighted by Gasteiger charge is 2.23. The Labute approximate surface area is 150 Å². The van der Waals surface area contributed by atoms with E-state index in [2.05, 4.69) is 36.2 Å². The third-order valence-electron chi connectivity index (χ3n) is 4.74. The van der Waals surface area contributed by atoms with Crippen LogP contribution in [0.4, 0.5) is 10.6 Å². The highest BCUT2D eigenvalue weighted by atomic mass is 16.2. The van der Waals surface area contributed by atoms with Gasteiger partial charge >= 0.3 is 6.03 Å². The van der Waals surface area contributed by atoms with Crippen molar-refractivity contribution in [1.82, 2.24) is 19.7 Å². The van der Waals surface area contributed by atoms with Crippen molar-refractivity contribution in [2.75, 3.05) is 12.4 Å². The number of aryl methyl sites for hydroxylation is 1. The molecule has 0 aromatic carbocycles. The van der Waals surface area contributed by atoms with Gasteiger partial charge in [0, 0.05) is 25.0 Å². The summed E-state index contributed by atoms with van der Waals surface area (Å²) in [5, 5.41) is 7.53. The quantitative estimate of drug-likeness (QED) is 0.801. The summed E-state index contributed by atoms with van der Waals surface area (Å²) in [4.78, 5) is 18.7. The van der Waals surface area contributed by atoms with E-state index in [1.165, 1.54) is 0 Å². The second kappa shape index (κ2) is 8.65. The molecule has 6 nitrogen and oxygen atoms in total. The Kier molecular flexibility index (Phi) is 6.56. The number of urea groups is 1. The third-order valence-corrected chi connectivity index (χ3v) is 4.74. The van der Waals surface area contributed by atoms with Crippen LogP contribution in [-0.4, -0.2) is 32.7 Å². The third kappa shape index (κ3) is 4.18. The second-order valence-corrected chi connectivity index (χ2v) is 6.34. The van der Waals surface area contributed by atoms with Crippen molar-refractivity contribution in [3.8, 4) is 0 Å². The van der Waals surface area contributed by atoms with Gasteiger partial charge in [-0.3, -0.25) is 10.3 Å². The number of rotatable bonds is 7. The molecule has 0 saturated heterocycles. The molecule has 0 radical (unpaired) electrons. The lowest BCUT2D eigenvalue weighted by atomic mass is 10.1. The number of amides is 2. The van der Waals surface area contributed by atoms with Crippen LogP contribution in [0.3, 0.4) is 0 Å². The standard InChI is InChI=1S/C19H29N5O/c1-6-16(7-2)24-18(14(4)12-21-24)22-19(25)23(5)17(8-3)15-10-9-11-20-13-15/h9-13,16-17H,6-8H2,1-5H3,(H,22,25). The van der Waals surface area contributed by atoms with E-state index in [-0.39, 0.29) is 18.1 Å². The lowest BCUT2D eigenvalue weighted by Gasteiger charge is -2.28. The van der Waals surface area contributed by atoms with Crippen LogP contribution in [0, 0.1) is 6.92 Å². The van der Waals surface area contributed by atoms with Crippen molar-refractivity contribution in [3.05, 3.63) is 41.9 Å². The summed E-state index contributed by atoms with van der Waals surface area (Å²) < 4.78 is 1.94. The van der Waals surface area contributed by atoms with Gasteiger partial charge in [0.15, 0.2) is 0 Å². The molecule has 136 valence electrons. The summed E-state index contributed by atoms with van der Waals surface area (Å²) in [5.74, 6) is 0.784. The predicted molar refractivity (Wildman–Crippen MR) is 101 cm³/mol. The van der Waals surface area contributed by atoms with E-state index in [0.29, 0.717) is 0 Å². The van der Waals surface area contributed by atoms with Gasteiger partial charge in [-0.2, -0.15) is 5.10 Å². The Balaban J connectivity index is 2.20. The molecule has 0 aliphatic rings. The summed E-state index contributed by atoms with van der Waals surface area (Å²) in [6.45, 7) is 8.32. The van der Waals surface area contributed by atoms with Crippen molar-refractivity contribution in [2.24, 2.45) is 0 Å². The average Bonchev–Trinajstić information content (AvgIpc) is 2.98. The van der Waals surface area contributed by atoms with Crippen LogP contribution in [0.25, 0.3) is 0 Å². The molecule has 0 aliphatic carbocycles. The topological polar surface area (TPSA) is 63.1 Å². The van der Waals surface area contributed by atoms with Crippen LogP contribution in [0.2, 0.25) is 0 Å². The number of carbonyl (C=O) groups is 1. The number of hydrogen-bond donors (Lipinski definition) is 1. The minimum atomic E-state index is -0.133. The largest absolute Gasteiger partial charge is 0.323 e. The molecule has 0 aliphatic heterocycles. The monoisotopic (exact) mass is 343 g/mol. The molecule has 2 heterocycles. The number of hydrogen-bond acceptors (Lipinski definition) is 3. The summed E-state index contributed by atoms with van der Waals surface area (Å²) in [5.41, 5.74) is 2.01. The molecule has 2 aromatic heterocycles. The Hall–Kier alpha value is -2.37. The van der Waals surface area contributed by atoms with E-state index in [0.717, 1.165) is 36.2 Å². The Morgan fingerprint density at radius 3 is 2.52 bits per heavy atom. The van der Waals surface area contributed by atoms with Gasteiger partial charge < -0.3 is 4.90 Å². The Morgan fingerprint density at radius 1 is 1.24 bits per heavy atom. The SMILES string of the molecule is CCC(c1cccnc1)N(C)C(=O)Nc1c(C)cnn1C(CC)CC. The van der Waals surface area contributed by atoms with Gasteiger partial charge in [-0.15, -0.1) is 0 Å². The molecule has 2 aromatic rings. The molecule has 0 saturated carbocycles. The van der Waals surface area contributed by atoms with E-state index >= 15 is 0 Å². The number of anilines is 1. The molecule has 2 amide bonds. The van der Waals surface area contributed by atoms with Crippen molar-refractivity contribution >= 4 is 11.8 Å². The van der Waals surface area contributed by atoms with E-state index in [1.807, 2.05) is 43.2 Å². The minimum absolute atomic E-state index is 0.0153. The molecule has 1 unspecified atom stereocenters. The molecule has 1 N–H and O–H groups in total. The Morgan fingerprint density at radius 2 is 1.96 bits per heavy atom. The molecule has 6 heteroatoms. The van der Waals surface area contributed by atoms with Crippen LogP contribution in [0.15, 0.2) is 30.7 Å². The fraction of sp³-hybridized carbons (Fsp3) is 0.526. The van der Waals surface area contributed by atoms with Gasteiger partial charge in [-0.05, 0) is 37.8 Å². The lowest BCUT2D eigenvalue weighted by molar-refractivity contribution is 0.202. The van der Waals surface area contributed by atoms with E-state index in [9.17, 15) is 4.79 Å². The second-order valence-electron chi connectivity index (χ2n) is 6.34. The van der Waals surface area contributed by atoms with Gasteiger partial charge in [0.05, 0.1) is 18.3 Å². The maximum absolute atomic E-state index is 12.8. The summed E-state index contributed by atoms with van der Waals surface area (Å²) in [6.07, 6.45) is 8.14. The highest BCUT2D eigenvalue weighted by Crippen LogP contribution is 2.26. The van der Waals surface area contributed by atoms with Crippen molar-refractivity contribution in [3.63, 3.8) is 0 Å². The van der Waals surface area contributed by atoms with E-state index in [4.69, 9.17) is 0 Å². The summed E-state index contributed by atoms with van der Waals surface area (Å²) >= 11 is 0. The summed E-state index contributed by atoms with van der Waals surface area (Å²) in [7, 11) is 1.82. The molecule has 0 fully saturated rings. The molecular weight excluding hydrogens is 314 g/mol. The van der Waals surface area contributed by atoms with Crippen LogP contribution in [0.1, 0.15) is 63.2 Å². The molecule has 0 spiro atoms. The van der Waals surface area contributed by atoms with E-state index < -0.39 is 0 Å². The van der Waals surface area contributed by atoms with Crippen LogP contribution < -0.4 is 5.32 Å². The van der Waals surface area contributed by atoms with Gasteiger partial charge in [-0.25, -0.2) is 9.48 Å². The van der Waals surface area contributed by atoms with Crippen LogP contribution in [-0.2, 0) is 0 Å². The number of nitrogens with zero attached hydrogens (tertiary/aromatic N) is 4. The van der Waals surface area contributed by atoms with E-state index in [1.54, 1.807) is 11.1 Å². The zero-order valence-electron chi connectivity index (χ0n) is 15.9. The number of pyridine rings is 1. The number of carbonyl (C=O) groups excluding carboxylic acids is 1.